The Morgan fingerprint density at radius 2 is 1.63 bits per heavy atom. The lowest BCUT2D eigenvalue weighted by molar-refractivity contribution is -0.116. The Bertz CT molecular complexity index is 702. The van der Waals surface area contributed by atoms with Crippen LogP contribution in [0.25, 0.3) is 0 Å². The molecule has 0 aliphatic carbocycles. The summed E-state index contributed by atoms with van der Waals surface area (Å²) in [5.74, 6) is 0.884. The molecule has 0 saturated carbocycles. The quantitative estimate of drug-likeness (QED) is 0.687. The summed E-state index contributed by atoms with van der Waals surface area (Å²) in [6.45, 7) is 4.86. The monoisotopic (exact) mass is 366 g/mol. The molecule has 1 amide bonds. The highest BCUT2D eigenvalue weighted by atomic mass is 16.5. The molecule has 1 aliphatic heterocycles. The highest BCUT2D eigenvalue weighted by Gasteiger charge is 2.10. The number of nitrogens with zero attached hydrogens (tertiary/aromatic N) is 1. The third kappa shape index (κ3) is 6.31. The maximum Gasteiger partial charge on any atom is 0.224 e. The lowest BCUT2D eigenvalue weighted by atomic mass is 10.2. The number of aryl methyl sites for hydroxylation is 1. The van der Waals surface area contributed by atoms with Crippen LogP contribution in [0.15, 0.2) is 48.5 Å². The molecule has 1 aliphatic rings. The van der Waals surface area contributed by atoms with Gasteiger partial charge in [-0.25, -0.2) is 0 Å². The van der Waals surface area contributed by atoms with E-state index in [0.717, 1.165) is 24.5 Å². The van der Waals surface area contributed by atoms with Crippen LogP contribution in [0.4, 0.5) is 11.4 Å². The SMILES string of the molecule is Cc1ccc(OCCCC(=O)Nc2ccc(N3CCCCCC3)cc2)cc1. The highest BCUT2D eigenvalue weighted by molar-refractivity contribution is 5.90. The van der Waals surface area contributed by atoms with Gasteiger partial charge in [-0.2, -0.15) is 0 Å². The summed E-state index contributed by atoms with van der Waals surface area (Å²) in [7, 11) is 0. The van der Waals surface area contributed by atoms with Crippen molar-refractivity contribution in [3.8, 4) is 5.75 Å². The van der Waals surface area contributed by atoms with Gasteiger partial charge in [-0.05, 0) is 62.6 Å². The van der Waals surface area contributed by atoms with E-state index in [2.05, 4.69) is 29.3 Å². The summed E-state index contributed by atoms with van der Waals surface area (Å²) < 4.78 is 5.67. The Kier molecular flexibility index (Phi) is 7.14. The summed E-state index contributed by atoms with van der Waals surface area (Å²) in [4.78, 5) is 14.6. The normalized spacial score (nSPS) is 14.5. The number of benzene rings is 2. The molecule has 0 bridgehead atoms. The van der Waals surface area contributed by atoms with E-state index in [1.165, 1.54) is 36.9 Å². The molecule has 4 nitrogen and oxygen atoms in total. The molecule has 1 fully saturated rings. The molecule has 0 aromatic heterocycles. The smallest absolute Gasteiger partial charge is 0.224 e. The highest BCUT2D eigenvalue weighted by Crippen LogP contribution is 2.21. The molecule has 0 atom stereocenters. The van der Waals surface area contributed by atoms with E-state index < -0.39 is 0 Å². The third-order valence-corrected chi connectivity index (χ3v) is 4.96. The Morgan fingerprint density at radius 1 is 0.963 bits per heavy atom. The fraction of sp³-hybridized carbons (Fsp3) is 0.435. The van der Waals surface area contributed by atoms with Crippen LogP contribution in [0, 0.1) is 6.92 Å². The van der Waals surface area contributed by atoms with Gasteiger partial charge in [-0.1, -0.05) is 30.5 Å². The van der Waals surface area contributed by atoms with Crippen molar-refractivity contribution in [1.29, 1.82) is 0 Å². The zero-order valence-corrected chi connectivity index (χ0v) is 16.2. The van der Waals surface area contributed by atoms with Gasteiger partial charge in [-0.15, -0.1) is 0 Å². The molecule has 1 saturated heterocycles. The zero-order chi connectivity index (χ0) is 18.9. The molecular formula is C23H30N2O2. The molecule has 27 heavy (non-hydrogen) atoms. The lowest BCUT2D eigenvalue weighted by Gasteiger charge is -2.22. The van der Waals surface area contributed by atoms with Gasteiger partial charge in [0, 0.05) is 30.9 Å². The third-order valence-electron chi connectivity index (χ3n) is 4.96. The van der Waals surface area contributed by atoms with E-state index in [1.807, 2.05) is 36.4 Å². The number of hydrogen-bond acceptors (Lipinski definition) is 3. The first kappa shape index (κ1) is 19.3. The van der Waals surface area contributed by atoms with E-state index in [1.54, 1.807) is 0 Å². The predicted molar refractivity (Wildman–Crippen MR) is 112 cm³/mol. The van der Waals surface area contributed by atoms with Crippen LogP contribution in [0.5, 0.6) is 5.75 Å². The van der Waals surface area contributed by atoms with Gasteiger partial charge < -0.3 is 15.0 Å². The molecule has 4 heteroatoms. The van der Waals surface area contributed by atoms with Crippen molar-refractivity contribution < 1.29 is 9.53 Å². The molecule has 0 spiro atoms. The average molecular weight is 367 g/mol. The summed E-state index contributed by atoms with van der Waals surface area (Å²) >= 11 is 0. The fourth-order valence-corrected chi connectivity index (χ4v) is 3.37. The van der Waals surface area contributed by atoms with Crippen LogP contribution in [-0.2, 0) is 4.79 Å². The second kappa shape index (κ2) is 10.0. The van der Waals surface area contributed by atoms with Crippen molar-refractivity contribution >= 4 is 17.3 Å². The number of carbonyl (C=O) groups is 1. The molecule has 2 aromatic carbocycles. The van der Waals surface area contributed by atoms with Gasteiger partial charge in [-0.3, -0.25) is 4.79 Å². The second-order valence-electron chi connectivity index (χ2n) is 7.26. The molecule has 0 radical (unpaired) electrons. The average Bonchev–Trinajstić information content (AvgIpc) is 2.97. The largest absolute Gasteiger partial charge is 0.494 e. The molecule has 1 N–H and O–H groups in total. The molecule has 3 rings (SSSR count). The van der Waals surface area contributed by atoms with E-state index >= 15 is 0 Å². The minimum absolute atomic E-state index is 0.0324. The van der Waals surface area contributed by atoms with Gasteiger partial charge in [0.05, 0.1) is 6.61 Å². The summed E-state index contributed by atoms with van der Waals surface area (Å²) in [5.41, 5.74) is 3.32. The molecule has 144 valence electrons. The number of amides is 1. The van der Waals surface area contributed by atoms with Crippen molar-refractivity contribution in [2.75, 3.05) is 29.9 Å². The second-order valence-corrected chi connectivity index (χ2v) is 7.26. The van der Waals surface area contributed by atoms with Crippen LogP contribution < -0.4 is 15.0 Å². The Hall–Kier alpha value is -2.49. The van der Waals surface area contributed by atoms with E-state index in [-0.39, 0.29) is 5.91 Å². The summed E-state index contributed by atoms with van der Waals surface area (Å²) in [5, 5.41) is 2.98. The van der Waals surface area contributed by atoms with Crippen LogP contribution in [-0.4, -0.2) is 25.6 Å². The number of nitrogens with one attached hydrogen (secondary N) is 1. The Labute approximate surface area is 162 Å². The molecule has 2 aromatic rings. The standard InChI is InChI=1S/C23H30N2O2/c1-19-8-14-22(15-9-19)27-18-6-7-23(26)24-20-10-12-21(13-11-20)25-16-4-2-3-5-17-25/h8-15H,2-7,16-18H2,1H3,(H,24,26). The fourth-order valence-electron chi connectivity index (χ4n) is 3.37. The zero-order valence-electron chi connectivity index (χ0n) is 16.2. The Balaban J connectivity index is 1.39. The number of hydrogen-bond donors (Lipinski definition) is 1. The number of anilines is 2. The van der Waals surface area contributed by atoms with E-state index in [4.69, 9.17) is 4.74 Å². The molecule has 1 heterocycles. The van der Waals surface area contributed by atoms with Gasteiger partial charge in [0.25, 0.3) is 0 Å². The van der Waals surface area contributed by atoms with Crippen LogP contribution in [0.1, 0.15) is 44.1 Å². The van der Waals surface area contributed by atoms with Crippen LogP contribution in [0.2, 0.25) is 0 Å². The van der Waals surface area contributed by atoms with Crippen molar-refractivity contribution in [1.82, 2.24) is 0 Å². The first-order valence-electron chi connectivity index (χ1n) is 10.0. The first-order valence-corrected chi connectivity index (χ1v) is 10.0. The minimum atomic E-state index is 0.0324. The summed E-state index contributed by atoms with van der Waals surface area (Å²) in [6.07, 6.45) is 6.36. The van der Waals surface area contributed by atoms with Gasteiger partial charge in [0.15, 0.2) is 0 Å². The van der Waals surface area contributed by atoms with Crippen molar-refractivity contribution in [3.05, 3.63) is 54.1 Å². The van der Waals surface area contributed by atoms with E-state index in [0.29, 0.717) is 19.4 Å². The van der Waals surface area contributed by atoms with Crippen molar-refractivity contribution in [2.45, 2.75) is 45.4 Å². The summed E-state index contributed by atoms with van der Waals surface area (Å²) in [6, 6.07) is 16.2. The number of ether oxygens (including phenoxy) is 1. The lowest BCUT2D eigenvalue weighted by Crippen LogP contribution is -2.23. The van der Waals surface area contributed by atoms with Gasteiger partial charge >= 0.3 is 0 Å². The van der Waals surface area contributed by atoms with Crippen LogP contribution in [0.3, 0.4) is 0 Å². The van der Waals surface area contributed by atoms with Crippen molar-refractivity contribution in [2.24, 2.45) is 0 Å². The van der Waals surface area contributed by atoms with Crippen LogP contribution >= 0.6 is 0 Å². The topological polar surface area (TPSA) is 41.6 Å². The van der Waals surface area contributed by atoms with Gasteiger partial charge in [0.2, 0.25) is 5.91 Å². The minimum Gasteiger partial charge on any atom is -0.494 e. The number of rotatable bonds is 7. The first-order chi connectivity index (χ1) is 13.2. The molecule has 0 unspecified atom stereocenters. The van der Waals surface area contributed by atoms with Crippen molar-refractivity contribution in [3.63, 3.8) is 0 Å². The molecular weight excluding hydrogens is 336 g/mol. The maximum absolute atomic E-state index is 12.1. The number of carbonyl (C=O) groups excluding carboxylic acids is 1. The maximum atomic E-state index is 12.1. The van der Waals surface area contributed by atoms with Gasteiger partial charge in [0.1, 0.15) is 5.75 Å². The predicted octanol–water partition coefficient (Wildman–Crippen LogP) is 5.17. The van der Waals surface area contributed by atoms with E-state index in [9.17, 15) is 4.79 Å². The Morgan fingerprint density at radius 3 is 2.30 bits per heavy atom.